The number of rotatable bonds is 5. The summed E-state index contributed by atoms with van der Waals surface area (Å²) in [5, 5.41) is 4.25. The standard InChI is InChI=1S/C16H22N4O/c1-11(2)8-20-16(18-10-19-20)9-21-13-4-5-14-12(7-13)3-6-15(14)17/h4-5,7,10-11,15H,3,6,8-9,17H2,1-2H3/t15-/m0/s1. The van der Waals surface area contributed by atoms with E-state index in [0.717, 1.165) is 31.0 Å². The average Bonchev–Trinajstić information content (AvgIpc) is 3.03. The number of hydrogen-bond donors (Lipinski definition) is 1. The molecule has 5 heteroatoms. The van der Waals surface area contributed by atoms with Gasteiger partial charge in [0, 0.05) is 12.6 Å². The fourth-order valence-electron chi connectivity index (χ4n) is 2.76. The Labute approximate surface area is 125 Å². The Morgan fingerprint density at radius 3 is 3.10 bits per heavy atom. The lowest BCUT2D eigenvalue weighted by Crippen LogP contribution is -2.12. The molecule has 0 amide bonds. The van der Waals surface area contributed by atoms with Crippen LogP contribution in [0.1, 0.15) is 43.3 Å². The number of ether oxygens (including phenoxy) is 1. The van der Waals surface area contributed by atoms with Gasteiger partial charge in [0.05, 0.1) is 0 Å². The molecule has 0 saturated heterocycles. The number of fused-ring (bicyclic) bond motifs is 1. The molecule has 3 rings (SSSR count). The third kappa shape index (κ3) is 3.08. The Morgan fingerprint density at radius 2 is 2.29 bits per heavy atom. The SMILES string of the molecule is CC(C)Cn1ncnc1COc1ccc2c(c1)CC[C@@H]2N. The van der Waals surface area contributed by atoms with Gasteiger partial charge in [-0.3, -0.25) is 0 Å². The van der Waals surface area contributed by atoms with Gasteiger partial charge in [-0.05, 0) is 42.0 Å². The molecule has 1 aliphatic carbocycles. The highest BCUT2D eigenvalue weighted by Crippen LogP contribution is 2.31. The topological polar surface area (TPSA) is 66.0 Å². The molecule has 1 atom stereocenters. The largest absolute Gasteiger partial charge is 0.486 e. The molecule has 2 N–H and O–H groups in total. The summed E-state index contributed by atoms with van der Waals surface area (Å²) in [6.45, 7) is 5.63. The van der Waals surface area contributed by atoms with Crippen molar-refractivity contribution in [2.75, 3.05) is 0 Å². The van der Waals surface area contributed by atoms with Crippen LogP contribution in [-0.4, -0.2) is 14.8 Å². The van der Waals surface area contributed by atoms with Crippen LogP contribution >= 0.6 is 0 Å². The van der Waals surface area contributed by atoms with Crippen LogP contribution < -0.4 is 10.5 Å². The zero-order chi connectivity index (χ0) is 14.8. The number of nitrogens with zero attached hydrogens (tertiary/aromatic N) is 3. The van der Waals surface area contributed by atoms with Crippen LogP contribution in [0.15, 0.2) is 24.5 Å². The number of aryl methyl sites for hydroxylation is 1. The van der Waals surface area contributed by atoms with E-state index in [0.29, 0.717) is 12.5 Å². The number of aromatic nitrogens is 3. The van der Waals surface area contributed by atoms with Gasteiger partial charge >= 0.3 is 0 Å². The van der Waals surface area contributed by atoms with Crippen molar-refractivity contribution >= 4 is 0 Å². The zero-order valence-corrected chi connectivity index (χ0v) is 12.6. The maximum Gasteiger partial charge on any atom is 0.164 e. The van der Waals surface area contributed by atoms with Crippen LogP contribution in [0.25, 0.3) is 0 Å². The summed E-state index contributed by atoms with van der Waals surface area (Å²) in [6.07, 6.45) is 3.65. The summed E-state index contributed by atoms with van der Waals surface area (Å²) in [7, 11) is 0. The first kappa shape index (κ1) is 14.1. The number of nitrogens with two attached hydrogens (primary N) is 1. The van der Waals surface area contributed by atoms with Gasteiger partial charge in [-0.15, -0.1) is 0 Å². The Bertz CT molecular complexity index is 620. The third-order valence-electron chi connectivity index (χ3n) is 3.84. The zero-order valence-electron chi connectivity index (χ0n) is 12.6. The van der Waals surface area contributed by atoms with Crippen LogP contribution in [0.4, 0.5) is 0 Å². The highest BCUT2D eigenvalue weighted by Gasteiger charge is 2.19. The molecule has 0 radical (unpaired) electrons. The van der Waals surface area contributed by atoms with Crippen molar-refractivity contribution in [3.8, 4) is 5.75 Å². The Balaban J connectivity index is 1.67. The molecule has 0 spiro atoms. The van der Waals surface area contributed by atoms with E-state index in [1.165, 1.54) is 11.1 Å². The quantitative estimate of drug-likeness (QED) is 0.917. The minimum atomic E-state index is 0.184. The van der Waals surface area contributed by atoms with E-state index in [9.17, 15) is 0 Å². The Morgan fingerprint density at radius 1 is 1.43 bits per heavy atom. The second-order valence-electron chi connectivity index (χ2n) is 6.05. The first-order valence-corrected chi connectivity index (χ1v) is 7.51. The second kappa shape index (κ2) is 5.85. The molecule has 5 nitrogen and oxygen atoms in total. The molecule has 112 valence electrons. The van der Waals surface area contributed by atoms with Gasteiger partial charge in [0.25, 0.3) is 0 Å². The predicted molar refractivity (Wildman–Crippen MR) is 80.9 cm³/mol. The summed E-state index contributed by atoms with van der Waals surface area (Å²) in [5.41, 5.74) is 8.62. The molecule has 0 fully saturated rings. The van der Waals surface area contributed by atoms with Crippen molar-refractivity contribution in [2.24, 2.45) is 11.7 Å². The van der Waals surface area contributed by atoms with Crippen molar-refractivity contribution < 1.29 is 4.74 Å². The lowest BCUT2D eigenvalue weighted by atomic mass is 10.1. The molecule has 0 saturated carbocycles. The minimum Gasteiger partial charge on any atom is -0.486 e. The Hall–Kier alpha value is -1.88. The summed E-state index contributed by atoms with van der Waals surface area (Å²) in [4.78, 5) is 4.28. The third-order valence-corrected chi connectivity index (χ3v) is 3.84. The minimum absolute atomic E-state index is 0.184. The molecule has 1 aromatic heterocycles. The van der Waals surface area contributed by atoms with Crippen molar-refractivity contribution in [1.29, 1.82) is 0 Å². The smallest absolute Gasteiger partial charge is 0.164 e. The average molecular weight is 286 g/mol. The molecular formula is C16H22N4O. The molecule has 0 unspecified atom stereocenters. The van der Waals surface area contributed by atoms with Crippen molar-refractivity contribution in [2.45, 2.75) is 45.9 Å². The van der Waals surface area contributed by atoms with Gasteiger partial charge in [-0.2, -0.15) is 5.10 Å². The monoisotopic (exact) mass is 286 g/mol. The van der Waals surface area contributed by atoms with Crippen molar-refractivity contribution in [1.82, 2.24) is 14.8 Å². The number of benzene rings is 1. The summed E-state index contributed by atoms with van der Waals surface area (Å²) >= 11 is 0. The fourth-order valence-corrected chi connectivity index (χ4v) is 2.76. The van der Waals surface area contributed by atoms with Crippen LogP contribution in [0.5, 0.6) is 5.75 Å². The van der Waals surface area contributed by atoms with Crippen LogP contribution in [0.2, 0.25) is 0 Å². The summed E-state index contributed by atoms with van der Waals surface area (Å²) in [6, 6.07) is 6.36. The van der Waals surface area contributed by atoms with Crippen LogP contribution in [-0.2, 0) is 19.6 Å². The summed E-state index contributed by atoms with van der Waals surface area (Å²) in [5.74, 6) is 2.27. The molecule has 0 aliphatic heterocycles. The first-order chi connectivity index (χ1) is 10.1. The number of hydrogen-bond acceptors (Lipinski definition) is 4. The lowest BCUT2D eigenvalue weighted by molar-refractivity contribution is 0.282. The molecular weight excluding hydrogens is 264 g/mol. The van der Waals surface area contributed by atoms with Gasteiger partial charge in [0.1, 0.15) is 18.7 Å². The fraction of sp³-hybridized carbons (Fsp3) is 0.500. The van der Waals surface area contributed by atoms with E-state index in [1.807, 2.05) is 10.7 Å². The van der Waals surface area contributed by atoms with Crippen LogP contribution in [0.3, 0.4) is 0 Å². The van der Waals surface area contributed by atoms with E-state index in [1.54, 1.807) is 6.33 Å². The normalized spacial score (nSPS) is 17.2. The molecule has 21 heavy (non-hydrogen) atoms. The van der Waals surface area contributed by atoms with Crippen LogP contribution in [0, 0.1) is 5.92 Å². The Kier molecular flexibility index (Phi) is 3.92. The van der Waals surface area contributed by atoms with Gasteiger partial charge in [0.15, 0.2) is 5.82 Å². The first-order valence-electron chi connectivity index (χ1n) is 7.51. The second-order valence-corrected chi connectivity index (χ2v) is 6.05. The highest BCUT2D eigenvalue weighted by atomic mass is 16.5. The predicted octanol–water partition coefficient (Wildman–Crippen LogP) is 2.46. The van der Waals surface area contributed by atoms with Gasteiger partial charge in [-0.25, -0.2) is 9.67 Å². The lowest BCUT2D eigenvalue weighted by Gasteiger charge is -2.11. The molecule has 2 aromatic rings. The van der Waals surface area contributed by atoms with E-state index in [4.69, 9.17) is 10.5 Å². The molecule has 1 heterocycles. The van der Waals surface area contributed by atoms with E-state index in [2.05, 4.69) is 36.1 Å². The van der Waals surface area contributed by atoms with E-state index >= 15 is 0 Å². The molecule has 1 aromatic carbocycles. The van der Waals surface area contributed by atoms with Gasteiger partial charge < -0.3 is 10.5 Å². The van der Waals surface area contributed by atoms with Crippen molar-refractivity contribution in [3.63, 3.8) is 0 Å². The maximum atomic E-state index is 6.05. The van der Waals surface area contributed by atoms with E-state index in [-0.39, 0.29) is 6.04 Å². The van der Waals surface area contributed by atoms with Crippen molar-refractivity contribution in [3.05, 3.63) is 41.5 Å². The molecule has 0 bridgehead atoms. The van der Waals surface area contributed by atoms with Gasteiger partial charge in [0.2, 0.25) is 0 Å². The highest BCUT2D eigenvalue weighted by molar-refractivity contribution is 5.40. The molecule has 1 aliphatic rings. The van der Waals surface area contributed by atoms with E-state index < -0.39 is 0 Å². The van der Waals surface area contributed by atoms with Gasteiger partial charge in [-0.1, -0.05) is 19.9 Å². The summed E-state index contributed by atoms with van der Waals surface area (Å²) < 4.78 is 7.78. The maximum absolute atomic E-state index is 6.05.